The summed E-state index contributed by atoms with van der Waals surface area (Å²) in [6.45, 7) is 6.95. The van der Waals surface area contributed by atoms with Gasteiger partial charge < -0.3 is 24.8 Å². The lowest BCUT2D eigenvalue weighted by Gasteiger charge is -2.36. The fraction of sp³-hybridized carbons (Fsp3) is 0.568. The molecule has 17 nitrogen and oxygen atoms in total. The molecule has 0 radical (unpaired) electrons. The van der Waals surface area contributed by atoms with Crippen LogP contribution in [0.4, 0.5) is 20.3 Å². The quantitative estimate of drug-likeness (QED) is 0.128. The standard InChI is InChI=1S/C44H56F2N12O5/c1-52-20-22-55(23-21-52)36-16-19-56-41(49-36)32(25-47-56)42(60)48-33-27-57(51-38(33)40(45)46)30-10-8-28(9-11-30)26-54-17-14-31(15-18-54)63-24-4-6-29-5-3-7-34-39(29)53(2)44(62)58(34)35-12-13-37(59)50-43(35)61/h3,5,7,16,19,25,27-28,30-31,35,40H,4,6,8-15,17-18,20-24,26H2,1-2H3,(H,48,60)(H,50,59,61). The number of hydrogen-bond acceptors (Lipinski definition) is 11. The van der Waals surface area contributed by atoms with Crippen molar-refractivity contribution in [1.82, 2.24) is 48.6 Å². The Balaban J connectivity index is 0.729. The maximum atomic E-state index is 14.3. The SMILES string of the molecule is CN1CCN(c2ccn3ncc(C(=O)Nc4cn(C5CCC(CN6CCC(OCCCc7cccc8c7n(C)c(=O)n8C7CCC(=O)NC7=O)CC6)CC5)nc4C(F)F)c3n2)CC1. The molecule has 0 bridgehead atoms. The predicted octanol–water partition coefficient (Wildman–Crippen LogP) is 4.34. The Morgan fingerprint density at radius 1 is 0.968 bits per heavy atom. The van der Waals surface area contributed by atoms with E-state index in [4.69, 9.17) is 9.72 Å². The van der Waals surface area contributed by atoms with Gasteiger partial charge in [0.1, 0.15) is 17.4 Å². The van der Waals surface area contributed by atoms with Crippen LogP contribution in [0.5, 0.6) is 0 Å². The van der Waals surface area contributed by atoms with E-state index in [1.807, 2.05) is 24.3 Å². The molecule has 1 aliphatic carbocycles. The van der Waals surface area contributed by atoms with Crippen molar-refractivity contribution in [2.24, 2.45) is 13.0 Å². The topological polar surface area (TPSA) is 169 Å². The van der Waals surface area contributed by atoms with Crippen molar-refractivity contribution < 1.29 is 27.9 Å². The average molecular weight is 871 g/mol. The highest BCUT2D eigenvalue weighted by molar-refractivity contribution is 6.08. The molecule has 63 heavy (non-hydrogen) atoms. The number of aromatic nitrogens is 7. The zero-order chi connectivity index (χ0) is 43.8. The molecular formula is C44H56F2N12O5. The predicted molar refractivity (Wildman–Crippen MR) is 231 cm³/mol. The van der Waals surface area contributed by atoms with Gasteiger partial charge in [-0.15, -0.1) is 0 Å². The van der Waals surface area contributed by atoms with Crippen LogP contribution in [0.15, 0.2) is 47.7 Å². The number of carbonyl (C=O) groups excluding carboxylic acids is 3. The Morgan fingerprint density at radius 2 is 1.75 bits per heavy atom. The highest BCUT2D eigenvalue weighted by atomic mass is 19.3. The molecule has 5 aromatic rings. The number of anilines is 2. The first-order valence-electron chi connectivity index (χ1n) is 22.3. The normalized spacial score (nSPS) is 22.1. The van der Waals surface area contributed by atoms with Crippen molar-refractivity contribution in [3.63, 3.8) is 0 Å². The molecule has 1 saturated carbocycles. The highest BCUT2D eigenvalue weighted by Gasteiger charge is 2.33. The maximum absolute atomic E-state index is 14.3. The number of piperazine rings is 1. The van der Waals surface area contributed by atoms with Gasteiger partial charge in [-0.25, -0.2) is 23.1 Å². The van der Waals surface area contributed by atoms with Gasteiger partial charge in [-0.05, 0) is 88.4 Å². The number of ether oxygens (including phenoxy) is 1. The summed E-state index contributed by atoms with van der Waals surface area (Å²) in [5.41, 5.74) is 2.39. The molecule has 4 aliphatic rings. The number of nitrogens with zero attached hydrogens (tertiary/aromatic N) is 10. The van der Waals surface area contributed by atoms with Crippen LogP contribution < -0.4 is 21.2 Å². The summed E-state index contributed by atoms with van der Waals surface area (Å²) in [4.78, 5) is 62.8. The van der Waals surface area contributed by atoms with Crippen LogP contribution in [0, 0.1) is 5.92 Å². The molecular weight excluding hydrogens is 815 g/mol. The summed E-state index contributed by atoms with van der Waals surface area (Å²) >= 11 is 0. The number of nitrogens with one attached hydrogen (secondary N) is 2. The molecule has 4 fully saturated rings. The minimum Gasteiger partial charge on any atom is -0.378 e. The van der Waals surface area contributed by atoms with E-state index in [0.29, 0.717) is 30.1 Å². The second-order valence-corrected chi connectivity index (χ2v) is 17.7. The Bertz CT molecular complexity index is 2520. The number of rotatable bonds is 13. The number of imide groups is 1. The summed E-state index contributed by atoms with van der Waals surface area (Å²) in [5, 5.41) is 13.6. The van der Waals surface area contributed by atoms with Gasteiger partial charge >= 0.3 is 5.69 Å². The second-order valence-electron chi connectivity index (χ2n) is 17.7. The van der Waals surface area contributed by atoms with Crippen molar-refractivity contribution in [2.75, 3.05) is 69.7 Å². The first-order chi connectivity index (χ1) is 30.5. The lowest BCUT2D eigenvalue weighted by Crippen LogP contribution is -2.44. The number of likely N-dealkylation sites (tertiary alicyclic amines) is 1. The largest absolute Gasteiger partial charge is 0.378 e. The second kappa shape index (κ2) is 18.3. The van der Waals surface area contributed by atoms with Gasteiger partial charge in [-0.2, -0.15) is 10.2 Å². The monoisotopic (exact) mass is 870 g/mol. The van der Waals surface area contributed by atoms with Crippen molar-refractivity contribution in [3.05, 3.63) is 70.2 Å². The summed E-state index contributed by atoms with van der Waals surface area (Å²) in [7, 11) is 3.80. The number of hydrogen-bond donors (Lipinski definition) is 2. The number of halogens is 2. The van der Waals surface area contributed by atoms with Crippen LogP contribution in [0.1, 0.15) is 97.9 Å². The molecule has 336 valence electrons. The van der Waals surface area contributed by atoms with Crippen LogP contribution in [-0.4, -0.2) is 127 Å². The van der Waals surface area contributed by atoms with E-state index in [0.717, 1.165) is 114 Å². The molecule has 1 atom stereocenters. The van der Waals surface area contributed by atoms with Crippen molar-refractivity contribution in [2.45, 2.75) is 88.8 Å². The van der Waals surface area contributed by atoms with Gasteiger partial charge in [0.15, 0.2) is 11.3 Å². The lowest BCUT2D eigenvalue weighted by molar-refractivity contribution is -0.135. The third-order valence-electron chi connectivity index (χ3n) is 13.5. The summed E-state index contributed by atoms with van der Waals surface area (Å²) in [6.07, 6.45) is 9.55. The van der Waals surface area contributed by atoms with Gasteiger partial charge in [0, 0.05) is 78.3 Å². The third kappa shape index (κ3) is 9.00. The number of fused-ring (bicyclic) bond motifs is 2. The van der Waals surface area contributed by atoms with Crippen molar-refractivity contribution in [3.8, 4) is 0 Å². The summed E-state index contributed by atoms with van der Waals surface area (Å²) in [6, 6.07) is 6.91. The number of aryl methyl sites for hydroxylation is 2. The Kier molecular flexibility index (Phi) is 12.4. The van der Waals surface area contributed by atoms with Crippen LogP contribution in [0.25, 0.3) is 16.7 Å². The van der Waals surface area contributed by atoms with Crippen LogP contribution in [-0.2, 0) is 27.8 Å². The van der Waals surface area contributed by atoms with Crippen LogP contribution in [0.2, 0.25) is 0 Å². The number of amides is 3. The smallest absolute Gasteiger partial charge is 0.329 e. The van der Waals surface area contributed by atoms with E-state index in [9.17, 15) is 28.0 Å². The lowest BCUT2D eigenvalue weighted by atomic mass is 9.85. The first kappa shape index (κ1) is 42.8. The van der Waals surface area contributed by atoms with Gasteiger partial charge in [0.05, 0.1) is 35.1 Å². The number of piperidine rings is 2. The molecule has 3 amide bonds. The number of likely N-dealkylation sites (N-methyl/N-ethyl adjacent to an activating group) is 1. The van der Waals surface area contributed by atoms with E-state index in [1.165, 1.54) is 15.3 Å². The first-order valence-corrected chi connectivity index (χ1v) is 22.3. The number of alkyl halides is 2. The Labute approximate surface area is 363 Å². The molecule has 2 N–H and O–H groups in total. The number of carbonyl (C=O) groups is 3. The van der Waals surface area contributed by atoms with E-state index in [2.05, 4.69) is 42.6 Å². The van der Waals surface area contributed by atoms with Gasteiger partial charge in [0.25, 0.3) is 12.3 Å². The van der Waals surface area contributed by atoms with Gasteiger partial charge in [-0.1, -0.05) is 12.1 Å². The Morgan fingerprint density at radius 3 is 2.49 bits per heavy atom. The third-order valence-corrected chi connectivity index (χ3v) is 13.5. The number of para-hydroxylation sites is 1. The molecule has 7 heterocycles. The molecule has 9 rings (SSSR count). The minimum atomic E-state index is -2.85. The summed E-state index contributed by atoms with van der Waals surface area (Å²) < 4.78 is 41.2. The van der Waals surface area contributed by atoms with Crippen LogP contribution >= 0.6 is 0 Å². The van der Waals surface area contributed by atoms with Crippen LogP contribution in [0.3, 0.4) is 0 Å². The van der Waals surface area contributed by atoms with Crippen molar-refractivity contribution in [1.29, 1.82) is 0 Å². The van der Waals surface area contributed by atoms with Gasteiger partial charge in [0.2, 0.25) is 11.8 Å². The average Bonchev–Trinajstić information content (AvgIpc) is 3.98. The fourth-order valence-corrected chi connectivity index (χ4v) is 9.95. The molecule has 1 unspecified atom stereocenters. The molecule has 1 aromatic carbocycles. The van der Waals surface area contributed by atoms with E-state index >= 15 is 0 Å². The maximum Gasteiger partial charge on any atom is 0.329 e. The minimum absolute atomic E-state index is 0.00261. The van der Waals surface area contributed by atoms with Gasteiger partial charge in [-0.3, -0.25) is 33.5 Å². The Hall–Kier alpha value is -5.53. The number of imidazole rings is 1. The van der Waals surface area contributed by atoms with E-state index in [1.54, 1.807) is 28.7 Å². The van der Waals surface area contributed by atoms with E-state index < -0.39 is 30.0 Å². The molecule has 4 aromatic heterocycles. The fourth-order valence-electron chi connectivity index (χ4n) is 9.95. The van der Waals surface area contributed by atoms with Crippen molar-refractivity contribution >= 4 is 45.9 Å². The molecule has 0 spiro atoms. The molecule has 3 aliphatic heterocycles. The van der Waals surface area contributed by atoms with E-state index in [-0.39, 0.29) is 41.4 Å². The number of benzene rings is 1. The molecule has 3 saturated heterocycles. The zero-order valence-electron chi connectivity index (χ0n) is 35.9. The molecule has 19 heteroatoms. The summed E-state index contributed by atoms with van der Waals surface area (Å²) in [5.74, 6) is -0.0628. The zero-order valence-corrected chi connectivity index (χ0v) is 35.9. The highest BCUT2D eigenvalue weighted by Crippen LogP contribution is 2.36.